The number of hydrogen-bond acceptors (Lipinski definition) is 3. The fourth-order valence-electron chi connectivity index (χ4n) is 3.31. The minimum Gasteiger partial charge on any atom is -0.367 e. The van der Waals surface area contributed by atoms with Gasteiger partial charge in [-0.05, 0) is 49.9 Å². The van der Waals surface area contributed by atoms with Gasteiger partial charge in [-0.1, -0.05) is 12.1 Å². The van der Waals surface area contributed by atoms with Crippen molar-refractivity contribution in [3.63, 3.8) is 0 Å². The van der Waals surface area contributed by atoms with E-state index in [0.29, 0.717) is 11.3 Å². The molecule has 5 nitrogen and oxygen atoms in total. The second-order valence-corrected chi connectivity index (χ2v) is 6.80. The maximum absolute atomic E-state index is 12.6. The molecule has 1 aliphatic rings. The van der Waals surface area contributed by atoms with Crippen molar-refractivity contribution in [1.82, 2.24) is 9.88 Å². The molecule has 1 aromatic heterocycles. The number of likely N-dealkylation sites (tertiary alicyclic amines) is 1. The summed E-state index contributed by atoms with van der Waals surface area (Å²) in [4.78, 5) is 31.7. The van der Waals surface area contributed by atoms with E-state index in [9.17, 15) is 9.59 Å². The van der Waals surface area contributed by atoms with Gasteiger partial charge in [0.05, 0.1) is 6.54 Å². The molecule has 1 amide bonds. The lowest BCUT2D eigenvalue weighted by atomic mass is 10.1. The second-order valence-electron chi connectivity index (χ2n) is 6.80. The van der Waals surface area contributed by atoms with Crippen molar-refractivity contribution in [2.24, 2.45) is 0 Å². The van der Waals surface area contributed by atoms with Crippen LogP contribution in [0, 0.1) is 13.8 Å². The summed E-state index contributed by atoms with van der Waals surface area (Å²) in [5.74, 6) is -0.0143. The van der Waals surface area contributed by atoms with Gasteiger partial charge >= 0.3 is 0 Å². The maximum Gasteiger partial charge on any atom is 0.270 e. The highest BCUT2D eigenvalue weighted by Gasteiger charge is 2.22. The van der Waals surface area contributed by atoms with Crippen LogP contribution >= 0.6 is 0 Å². The van der Waals surface area contributed by atoms with E-state index in [0.717, 1.165) is 31.6 Å². The molecule has 2 aromatic rings. The largest absolute Gasteiger partial charge is 0.367 e. The second kappa shape index (κ2) is 7.13. The van der Waals surface area contributed by atoms with Gasteiger partial charge in [0.25, 0.3) is 5.91 Å². The number of anilines is 1. The van der Waals surface area contributed by atoms with Crippen LogP contribution in [0.2, 0.25) is 0 Å². The zero-order chi connectivity index (χ0) is 18.0. The third kappa shape index (κ3) is 3.60. The molecule has 0 bridgehead atoms. The number of rotatable bonds is 5. The summed E-state index contributed by atoms with van der Waals surface area (Å²) in [6.45, 7) is 6.01. The van der Waals surface area contributed by atoms with Gasteiger partial charge in [0, 0.05) is 37.6 Å². The Morgan fingerprint density at radius 2 is 1.92 bits per heavy atom. The number of aromatic nitrogens is 1. The molecular formula is C20H25N3O2. The molecule has 132 valence electrons. The Hall–Kier alpha value is -2.56. The lowest BCUT2D eigenvalue weighted by Gasteiger charge is -2.21. The van der Waals surface area contributed by atoms with Crippen LogP contribution in [0.25, 0.3) is 0 Å². The summed E-state index contributed by atoms with van der Waals surface area (Å²) in [7, 11) is 1.92. The van der Waals surface area contributed by atoms with E-state index in [-0.39, 0.29) is 18.2 Å². The number of nitrogens with one attached hydrogen (secondary N) is 1. The topological polar surface area (TPSA) is 56.4 Å². The monoisotopic (exact) mass is 339 g/mol. The average Bonchev–Trinajstić information content (AvgIpc) is 3.28. The van der Waals surface area contributed by atoms with Crippen LogP contribution in [0.4, 0.5) is 5.69 Å². The minimum absolute atomic E-state index is 0.000119. The smallest absolute Gasteiger partial charge is 0.270 e. The maximum atomic E-state index is 12.6. The van der Waals surface area contributed by atoms with E-state index in [1.807, 2.05) is 29.0 Å². The summed E-state index contributed by atoms with van der Waals surface area (Å²) < 4.78 is 0. The van der Waals surface area contributed by atoms with E-state index in [2.05, 4.69) is 24.9 Å². The van der Waals surface area contributed by atoms with E-state index in [1.54, 1.807) is 12.3 Å². The molecule has 3 rings (SSSR count). The van der Waals surface area contributed by atoms with Crippen molar-refractivity contribution in [2.45, 2.75) is 26.7 Å². The number of ketones is 1. The number of aryl methyl sites for hydroxylation is 1. The number of benzene rings is 1. The van der Waals surface area contributed by atoms with Crippen molar-refractivity contribution in [3.05, 3.63) is 52.8 Å². The highest BCUT2D eigenvalue weighted by Crippen LogP contribution is 2.22. The molecule has 5 heteroatoms. The molecule has 0 unspecified atom stereocenters. The van der Waals surface area contributed by atoms with Crippen LogP contribution in [-0.2, 0) is 0 Å². The molecule has 0 saturated carbocycles. The first-order chi connectivity index (χ1) is 12.0. The fraction of sp³-hybridized carbons (Fsp3) is 0.400. The first-order valence-electron chi connectivity index (χ1n) is 8.75. The number of aromatic amines is 1. The molecule has 0 atom stereocenters. The molecule has 1 fully saturated rings. The summed E-state index contributed by atoms with van der Waals surface area (Å²) in [5, 5.41) is 0. The van der Waals surface area contributed by atoms with Crippen LogP contribution in [-0.4, -0.2) is 48.3 Å². The number of Topliss-reactive ketones (excluding diaryl/α,β-unsaturated/α-hetero) is 1. The average molecular weight is 339 g/mol. The van der Waals surface area contributed by atoms with Crippen molar-refractivity contribution < 1.29 is 9.59 Å². The van der Waals surface area contributed by atoms with Crippen molar-refractivity contribution in [2.75, 3.05) is 31.6 Å². The van der Waals surface area contributed by atoms with E-state index in [1.165, 1.54) is 11.1 Å². The van der Waals surface area contributed by atoms with Gasteiger partial charge in [-0.15, -0.1) is 0 Å². The Labute approximate surface area is 148 Å². The van der Waals surface area contributed by atoms with Gasteiger partial charge in [0.1, 0.15) is 5.69 Å². The van der Waals surface area contributed by atoms with Gasteiger partial charge < -0.3 is 14.8 Å². The standard InChI is InChI=1S/C20H25N3O2/c1-14-7-6-8-18(15(14)2)22(3)13-19(24)16-11-17(21-12-16)20(25)23-9-4-5-10-23/h6-8,11-12,21H,4-5,9-10,13H2,1-3H3. The highest BCUT2D eigenvalue weighted by molar-refractivity contribution is 6.02. The molecule has 0 spiro atoms. The van der Waals surface area contributed by atoms with Crippen LogP contribution < -0.4 is 4.90 Å². The molecular weight excluding hydrogens is 314 g/mol. The van der Waals surface area contributed by atoms with Gasteiger partial charge in [-0.2, -0.15) is 0 Å². The van der Waals surface area contributed by atoms with Crippen LogP contribution in [0.5, 0.6) is 0 Å². The van der Waals surface area contributed by atoms with Gasteiger partial charge in [-0.25, -0.2) is 0 Å². The Morgan fingerprint density at radius 3 is 2.64 bits per heavy atom. The highest BCUT2D eigenvalue weighted by atomic mass is 16.2. The zero-order valence-corrected chi connectivity index (χ0v) is 15.1. The first-order valence-corrected chi connectivity index (χ1v) is 8.75. The third-order valence-corrected chi connectivity index (χ3v) is 5.00. The van der Waals surface area contributed by atoms with Crippen molar-refractivity contribution in [3.8, 4) is 0 Å². The summed E-state index contributed by atoms with van der Waals surface area (Å²) in [6.07, 6.45) is 3.75. The van der Waals surface area contributed by atoms with Crippen LogP contribution in [0.15, 0.2) is 30.5 Å². The Balaban J connectivity index is 1.69. The number of amides is 1. The van der Waals surface area contributed by atoms with Crippen molar-refractivity contribution >= 4 is 17.4 Å². The SMILES string of the molecule is Cc1cccc(N(C)CC(=O)c2c[nH]c(C(=O)N3CCCC3)c2)c1C. The third-order valence-electron chi connectivity index (χ3n) is 5.00. The fourth-order valence-corrected chi connectivity index (χ4v) is 3.31. The molecule has 1 N–H and O–H groups in total. The quantitative estimate of drug-likeness (QED) is 0.851. The van der Waals surface area contributed by atoms with Gasteiger partial charge in [-0.3, -0.25) is 9.59 Å². The van der Waals surface area contributed by atoms with Gasteiger partial charge in [0.15, 0.2) is 5.78 Å². The predicted octanol–water partition coefficient (Wildman–Crippen LogP) is 3.19. The molecule has 2 heterocycles. The number of carbonyl (C=O) groups is 2. The van der Waals surface area contributed by atoms with Crippen LogP contribution in [0.1, 0.15) is 44.8 Å². The van der Waals surface area contributed by atoms with E-state index < -0.39 is 0 Å². The lowest BCUT2D eigenvalue weighted by molar-refractivity contribution is 0.0787. The number of likely N-dealkylation sites (N-methyl/N-ethyl adjacent to an activating group) is 1. The molecule has 1 aliphatic heterocycles. The molecule has 1 aromatic carbocycles. The number of carbonyl (C=O) groups excluding carboxylic acids is 2. The number of hydrogen-bond donors (Lipinski definition) is 1. The summed E-state index contributed by atoms with van der Waals surface area (Å²) in [6, 6.07) is 7.77. The number of H-pyrrole nitrogens is 1. The zero-order valence-electron chi connectivity index (χ0n) is 15.1. The Bertz CT molecular complexity index is 788. The summed E-state index contributed by atoms with van der Waals surface area (Å²) >= 11 is 0. The first kappa shape index (κ1) is 17.3. The normalized spacial score (nSPS) is 14.0. The van der Waals surface area contributed by atoms with Crippen molar-refractivity contribution in [1.29, 1.82) is 0 Å². The van der Waals surface area contributed by atoms with Crippen LogP contribution in [0.3, 0.4) is 0 Å². The molecule has 1 saturated heterocycles. The molecule has 25 heavy (non-hydrogen) atoms. The summed E-state index contributed by atoms with van der Waals surface area (Å²) in [5.41, 5.74) is 4.49. The van der Waals surface area contributed by atoms with Gasteiger partial charge in [0.2, 0.25) is 0 Å². The van der Waals surface area contributed by atoms with E-state index in [4.69, 9.17) is 0 Å². The van der Waals surface area contributed by atoms with E-state index >= 15 is 0 Å². The Kier molecular flexibility index (Phi) is 4.93. The predicted molar refractivity (Wildman–Crippen MR) is 99.4 cm³/mol. The lowest BCUT2D eigenvalue weighted by Crippen LogP contribution is -2.28. The minimum atomic E-state index is -0.0144. The number of nitrogens with zero attached hydrogens (tertiary/aromatic N) is 2. The Morgan fingerprint density at radius 1 is 1.20 bits per heavy atom. The molecule has 0 aliphatic carbocycles. The molecule has 0 radical (unpaired) electrons.